The SMILES string of the molecule is CCc1nc(S(=O)(=O)Cl)cn1CCn1ccccc1=O. The summed E-state index contributed by atoms with van der Waals surface area (Å²) in [6.07, 6.45) is 3.66. The molecule has 20 heavy (non-hydrogen) atoms. The quantitative estimate of drug-likeness (QED) is 0.778. The lowest BCUT2D eigenvalue weighted by Crippen LogP contribution is -2.20. The van der Waals surface area contributed by atoms with Gasteiger partial charge in [-0.1, -0.05) is 13.0 Å². The molecular weight excluding hydrogens is 302 g/mol. The molecule has 2 rings (SSSR count). The van der Waals surface area contributed by atoms with E-state index in [9.17, 15) is 13.2 Å². The molecule has 0 fully saturated rings. The normalized spacial score (nSPS) is 11.7. The highest BCUT2D eigenvalue weighted by molar-refractivity contribution is 8.13. The van der Waals surface area contributed by atoms with Crippen LogP contribution in [0.15, 0.2) is 40.4 Å². The Hall–Kier alpha value is -1.60. The molecule has 0 bridgehead atoms. The second-order valence-corrected chi connectivity index (χ2v) is 6.73. The minimum atomic E-state index is -3.83. The standard InChI is InChI=1S/C12H14ClN3O3S/c1-2-10-14-11(20(13,18)19)9-16(10)8-7-15-6-4-3-5-12(15)17/h3-6,9H,2,7-8H2,1H3. The topological polar surface area (TPSA) is 74.0 Å². The van der Waals surface area contributed by atoms with Crippen LogP contribution in [0.25, 0.3) is 0 Å². The Balaban J connectivity index is 2.24. The zero-order valence-electron chi connectivity index (χ0n) is 10.9. The van der Waals surface area contributed by atoms with E-state index in [2.05, 4.69) is 4.98 Å². The average molecular weight is 316 g/mol. The van der Waals surface area contributed by atoms with E-state index in [0.717, 1.165) is 0 Å². The van der Waals surface area contributed by atoms with Crippen LogP contribution in [0.3, 0.4) is 0 Å². The monoisotopic (exact) mass is 315 g/mol. The highest BCUT2D eigenvalue weighted by Gasteiger charge is 2.16. The van der Waals surface area contributed by atoms with Gasteiger partial charge in [-0.3, -0.25) is 4.79 Å². The van der Waals surface area contributed by atoms with Gasteiger partial charge in [0.05, 0.1) is 0 Å². The molecule has 8 heteroatoms. The highest BCUT2D eigenvalue weighted by Crippen LogP contribution is 2.14. The van der Waals surface area contributed by atoms with Gasteiger partial charge in [0.2, 0.25) is 0 Å². The summed E-state index contributed by atoms with van der Waals surface area (Å²) in [5, 5.41) is -0.156. The molecule has 2 aromatic heterocycles. The third-order valence-corrected chi connectivity index (χ3v) is 4.05. The maximum Gasteiger partial charge on any atom is 0.280 e. The number of nitrogens with zero attached hydrogens (tertiary/aromatic N) is 3. The Morgan fingerprint density at radius 1 is 1.25 bits per heavy atom. The minimum Gasteiger partial charge on any atom is -0.332 e. The smallest absolute Gasteiger partial charge is 0.280 e. The lowest BCUT2D eigenvalue weighted by molar-refractivity contribution is 0.549. The molecule has 108 valence electrons. The lowest BCUT2D eigenvalue weighted by atomic mass is 10.4. The van der Waals surface area contributed by atoms with Crippen LogP contribution in [0.1, 0.15) is 12.7 Å². The summed E-state index contributed by atoms with van der Waals surface area (Å²) in [6.45, 7) is 2.76. The van der Waals surface area contributed by atoms with Gasteiger partial charge >= 0.3 is 0 Å². The number of hydrogen-bond acceptors (Lipinski definition) is 4. The fourth-order valence-corrected chi connectivity index (χ4v) is 2.57. The third-order valence-electron chi connectivity index (χ3n) is 2.88. The Morgan fingerprint density at radius 3 is 2.55 bits per heavy atom. The number of halogens is 1. The van der Waals surface area contributed by atoms with Gasteiger partial charge in [-0.25, -0.2) is 13.4 Å². The van der Waals surface area contributed by atoms with Gasteiger partial charge < -0.3 is 9.13 Å². The number of hydrogen-bond donors (Lipinski definition) is 0. The number of aromatic nitrogens is 3. The maximum atomic E-state index is 11.6. The van der Waals surface area contributed by atoms with E-state index in [0.29, 0.717) is 25.3 Å². The molecule has 0 aliphatic heterocycles. The van der Waals surface area contributed by atoms with E-state index in [1.54, 1.807) is 27.5 Å². The molecule has 2 aromatic rings. The molecule has 0 unspecified atom stereocenters. The van der Waals surface area contributed by atoms with Crippen molar-refractivity contribution >= 4 is 19.7 Å². The summed E-state index contributed by atoms with van der Waals surface area (Å²) >= 11 is 0. The van der Waals surface area contributed by atoms with Crippen molar-refractivity contribution < 1.29 is 8.42 Å². The third kappa shape index (κ3) is 3.29. The Morgan fingerprint density at radius 2 is 1.95 bits per heavy atom. The van der Waals surface area contributed by atoms with Crippen molar-refractivity contribution in [3.63, 3.8) is 0 Å². The van der Waals surface area contributed by atoms with Gasteiger partial charge in [-0.05, 0) is 6.07 Å². The van der Waals surface area contributed by atoms with Crippen LogP contribution in [0.2, 0.25) is 0 Å². The van der Waals surface area contributed by atoms with Crippen LogP contribution in [0, 0.1) is 0 Å². The number of rotatable bonds is 5. The fourth-order valence-electron chi connectivity index (χ4n) is 1.88. The molecule has 0 aromatic carbocycles. The van der Waals surface area contributed by atoms with Crippen molar-refractivity contribution in [3.05, 3.63) is 46.8 Å². The van der Waals surface area contributed by atoms with Gasteiger partial charge in [-0.15, -0.1) is 0 Å². The van der Waals surface area contributed by atoms with E-state index in [-0.39, 0.29) is 10.6 Å². The summed E-state index contributed by atoms with van der Waals surface area (Å²) in [5.41, 5.74) is -0.101. The molecule has 0 N–H and O–H groups in total. The first-order valence-electron chi connectivity index (χ1n) is 6.08. The molecule has 2 heterocycles. The second kappa shape index (κ2) is 5.80. The molecule has 0 saturated carbocycles. The highest BCUT2D eigenvalue weighted by atomic mass is 35.7. The van der Waals surface area contributed by atoms with E-state index in [1.807, 2.05) is 6.92 Å². The van der Waals surface area contributed by atoms with E-state index in [4.69, 9.17) is 10.7 Å². The molecule has 0 aliphatic carbocycles. The molecule has 0 saturated heterocycles. The summed E-state index contributed by atoms with van der Waals surface area (Å²) in [5.74, 6) is 0.619. The first-order valence-corrected chi connectivity index (χ1v) is 8.39. The van der Waals surface area contributed by atoms with Crippen molar-refractivity contribution in [1.82, 2.24) is 14.1 Å². The Kier molecular flexibility index (Phi) is 4.29. The predicted octanol–water partition coefficient (Wildman–Crippen LogP) is 1.23. The van der Waals surface area contributed by atoms with Gasteiger partial charge in [0.1, 0.15) is 5.82 Å². The van der Waals surface area contributed by atoms with Gasteiger partial charge in [0, 0.05) is 48.7 Å². The molecule has 0 spiro atoms. The Labute approximate surface area is 121 Å². The van der Waals surface area contributed by atoms with Crippen molar-refractivity contribution in [2.45, 2.75) is 31.5 Å². The molecule has 0 aliphatic rings. The van der Waals surface area contributed by atoms with Crippen molar-refractivity contribution in [2.75, 3.05) is 0 Å². The predicted molar refractivity (Wildman–Crippen MR) is 75.3 cm³/mol. The summed E-state index contributed by atoms with van der Waals surface area (Å²) < 4.78 is 25.8. The molecule has 6 nitrogen and oxygen atoms in total. The fraction of sp³-hybridized carbons (Fsp3) is 0.333. The number of aryl methyl sites for hydroxylation is 3. The van der Waals surface area contributed by atoms with Crippen LogP contribution >= 0.6 is 10.7 Å². The van der Waals surface area contributed by atoms with E-state index in [1.165, 1.54) is 12.3 Å². The van der Waals surface area contributed by atoms with Crippen molar-refractivity contribution in [1.29, 1.82) is 0 Å². The summed E-state index contributed by atoms with van der Waals surface area (Å²) in [4.78, 5) is 15.6. The van der Waals surface area contributed by atoms with Gasteiger partial charge in [0.25, 0.3) is 14.6 Å². The zero-order valence-corrected chi connectivity index (χ0v) is 12.4. The zero-order chi connectivity index (χ0) is 14.8. The molecule has 0 atom stereocenters. The largest absolute Gasteiger partial charge is 0.332 e. The second-order valence-electron chi connectivity index (χ2n) is 4.21. The van der Waals surface area contributed by atoms with Crippen LogP contribution < -0.4 is 5.56 Å². The van der Waals surface area contributed by atoms with Gasteiger partial charge in [0.15, 0.2) is 5.03 Å². The molecule has 0 radical (unpaired) electrons. The van der Waals surface area contributed by atoms with E-state index < -0.39 is 9.05 Å². The van der Waals surface area contributed by atoms with E-state index >= 15 is 0 Å². The number of imidazole rings is 1. The average Bonchev–Trinajstić information content (AvgIpc) is 2.81. The first kappa shape index (κ1) is 14.8. The summed E-state index contributed by atoms with van der Waals surface area (Å²) in [6, 6.07) is 4.92. The Bertz CT molecular complexity index is 764. The first-order chi connectivity index (χ1) is 9.41. The maximum absolute atomic E-state index is 11.6. The van der Waals surface area contributed by atoms with Crippen LogP contribution in [-0.2, 0) is 28.6 Å². The van der Waals surface area contributed by atoms with Crippen molar-refractivity contribution in [3.8, 4) is 0 Å². The van der Waals surface area contributed by atoms with Crippen molar-refractivity contribution in [2.24, 2.45) is 0 Å². The van der Waals surface area contributed by atoms with Crippen LogP contribution in [0.4, 0.5) is 0 Å². The van der Waals surface area contributed by atoms with Crippen LogP contribution in [-0.4, -0.2) is 22.5 Å². The van der Waals surface area contributed by atoms with Gasteiger partial charge in [-0.2, -0.15) is 0 Å². The lowest BCUT2D eigenvalue weighted by Gasteiger charge is -2.08. The summed E-state index contributed by atoms with van der Waals surface area (Å²) in [7, 11) is 1.45. The minimum absolute atomic E-state index is 0.101. The molecule has 0 amide bonds. The number of pyridine rings is 1. The molecular formula is C12H14ClN3O3S. The van der Waals surface area contributed by atoms with Crippen LogP contribution in [0.5, 0.6) is 0 Å².